The van der Waals surface area contributed by atoms with Crippen molar-refractivity contribution in [1.29, 1.82) is 0 Å². The van der Waals surface area contributed by atoms with Gasteiger partial charge in [-0.05, 0) is 43.4 Å². The third kappa shape index (κ3) is 4.90. The standard InChI is InChI=1S/C24H26F2N6O2.H2S/c1-13-21-19(31(2)22(16-4-5-16)24(33)30-21)8-20(29-13)27-9-15-10-28-32(12-15)11-14-6-17(25)23(34-3)18(26)7-14;/h6-8,10,12,16,22H,4-5,9,11H2,1-3H3,(H,27,29)(H,30,33);1H2/t22-;/m0./s1. The summed E-state index contributed by atoms with van der Waals surface area (Å²) in [4.78, 5) is 19.2. The monoisotopic (exact) mass is 502 g/mol. The van der Waals surface area contributed by atoms with E-state index < -0.39 is 17.4 Å². The first-order chi connectivity index (χ1) is 16.3. The zero-order chi connectivity index (χ0) is 24.0. The molecular weight excluding hydrogens is 474 g/mol. The van der Waals surface area contributed by atoms with E-state index in [9.17, 15) is 13.6 Å². The summed E-state index contributed by atoms with van der Waals surface area (Å²) in [5, 5.41) is 10.6. The van der Waals surface area contributed by atoms with Crippen LogP contribution in [0.2, 0.25) is 0 Å². The first-order valence-electron chi connectivity index (χ1n) is 11.2. The molecule has 1 amide bonds. The Hall–Kier alpha value is -3.34. The topological polar surface area (TPSA) is 84.3 Å². The van der Waals surface area contributed by atoms with Crippen LogP contribution in [0.1, 0.15) is 29.7 Å². The van der Waals surface area contributed by atoms with E-state index in [2.05, 4.69) is 25.6 Å². The Morgan fingerprint density at radius 3 is 2.57 bits per heavy atom. The zero-order valence-electron chi connectivity index (χ0n) is 19.7. The number of nitrogens with zero attached hydrogens (tertiary/aromatic N) is 4. The number of likely N-dealkylation sites (N-methyl/N-ethyl adjacent to an activating group) is 1. The van der Waals surface area contributed by atoms with Crippen LogP contribution in [0.4, 0.5) is 26.0 Å². The Kier molecular flexibility index (Phi) is 6.88. The number of benzene rings is 1. The summed E-state index contributed by atoms with van der Waals surface area (Å²) in [6.45, 7) is 2.57. The van der Waals surface area contributed by atoms with Crippen molar-refractivity contribution in [1.82, 2.24) is 14.8 Å². The number of carbonyl (C=O) groups excluding carboxylic acids is 1. The number of hydrogen-bond donors (Lipinski definition) is 2. The van der Waals surface area contributed by atoms with Gasteiger partial charge >= 0.3 is 0 Å². The van der Waals surface area contributed by atoms with Crippen molar-refractivity contribution in [2.45, 2.75) is 38.9 Å². The van der Waals surface area contributed by atoms with Crippen molar-refractivity contribution in [3.05, 3.63) is 59.0 Å². The van der Waals surface area contributed by atoms with Crippen LogP contribution in [0.15, 0.2) is 30.6 Å². The van der Waals surface area contributed by atoms with Crippen molar-refractivity contribution >= 4 is 36.6 Å². The lowest BCUT2D eigenvalue weighted by Crippen LogP contribution is -2.47. The number of amides is 1. The second kappa shape index (κ2) is 9.73. The highest BCUT2D eigenvalue weighted by Gasteiger charge is 2.42. The van der Waals surface area contributed by atoms with Gasteiger partial charge in [0.1, 0.15) is 11.9 Å². The average molecular weight is 503 g/mol. The quantitative estimate of drug-likeness (QED) is 0.511. The van der Waals surface area contributed by atoms with Crippen molar-refractivity contribution in [3.8, 4) is 5.75 Å². The lowest BCUT2D eigenvalue weighted by atomic mass is 10.0. The molecule has 1 atom stereocenters. The first-order valence-corrected chi connectivity index (χ1v) is 11.2. The molecule has 0 spiro atoms. The highest BCUT2D eigenvalue weighted by Crippen LogP contribution is 2.43. The van der Waals surface area contributed by atoms with Crippen LogP contribution >= 0.6 is 13.5 Å². The minimum absolute atomic E-state index is 0. The van der Waals surface area contributed by atoms with Gasteiger partial charge in [0.15, 0.2) is 17.4 Å². The third-order valence-corrected chi connectivity index (χ3v) is 6.33. The smallest absolute Gasteiger partial charge is 0.247 e. The minimum Gasteiger partial charge on any atom is -0.491 e. The van der Waals surface area contributed by atoms with E-state index >= 15 is 0 Å². The van der Waals surface area contributed by atoms with Gasteiger partial charge in [-0.25, -0.2) is 13.8 Å². The van der Waals surface area contributed by atoms with Gasteiger partial charge in [0.2, 0.25) is 5.91 Å². The van der Waals surface area contributed by atoms with Gasteiger partial charge in [0, 0.05) is 31.4 Å². The predicted octanol–water partition coefficient (Wildman–Crippen LogP) is 3.81. The van der Waals surface area contributed by atoms with E-state index in [1.807, 2.05) is 26.2 Å². The number of ether oxygens (including phenoxy) is 1. The summed E-state index contributed by atoms with van der Waals surface area (Å²) in [6.07, 6.45) is 5.66. The molecule has 2 N–H and O–H groups in total. The van der Waals surface area contributed by atoms with Crippen molar-refractivity contribution in [2.75, 3.05) is 29.7 Å². The second-order valence-electron chi connectivity index (χ2n) is 8.86. The molecular formula is C24H28F2N6O2S. The van der Waals surface area contributed by atoms with Crippen LogP contribution in [0.25, 0.3) is 0 Å². The summed E-state index contributed by atoms with van der Waals surface area (Å²) in [7, 11) is 3.19. The fourth-order valence-corrected chi connectivity index (χ4v) is 4.51. The SMILES string of the molecule is COc1c(F)cc(Cn2cc(CNc3cc4c(c(C)n3)NC(=O)[C@H](C3CC3)N4C)cn2)cc1F.S. The van der Waals surface area contributed by atoms with E-state index in [0.29, 0.717) is 23.8 Å². The van der Waals surface area contributed by atoms with Crippen molar-refractivity contribution in [3.63, 3.8) is 0 Å². The average Bonchev–Trinajstić information content (AvgIpc) is 3.51. The molecule has 1 aromatic carbocycles. The van der Waals surface area contributed by atoms with Crippen LogP contribution < -0.4 is 20.3 Å². The molecule has 1 aliphatic heterocycles. The normalized spacial score (nSPS) is 16.9. The molecule has 5 rings (SSSR count). The summed E-state index contributed by atoms with van der Waals surface area (Å²) < 4.78 is 34.3. The molecule has 0 unspecified atom stereocenters. The number of hydrogen-bond acceptors (Lipinski definition) is 6. The van der Waals surface area contributed by atoms with Gasteiger partial charge in [-0.15, -0.1) is 0 Å². The Morgan fingerprint density at radius 1 is 1.20 bits per heavy atom. The first kappa shape index (κ1) is 24.8. The molecule has 35 heavy (non-hydrogen) atoms. The van der Waals surface area contributed by atoms with Crippen LogP contribution in [-0.4, -0.2) is 40.9 Å². The molecule has 11 heteroatoms. The summed E-state index contributed by atoms with van der Waals surface area (Å²) in [5.74, 6) is -0.749. The van der Waals surface area contributed by atoms with Crippen molar-refractivity contribution < 1.29 is 18.3 Å². The fraction of sp³-hybridized carbons (Fsp3) is 0.375. The molecule has 0 radical (unpaired) electrons. The maximum atomic E-state index is 14.0. The summed E-state index contributed by atoms with van der Waals surface area (Å²) in [6, 6.07) is 4.29. The number of methoxy groups -OCH3 is 1. The fourth-order valence-electron chi connectivity index (χ4n) is 4.51. The Bertz CT molecular complexity index is 1240. The number of nitrogens with one attached hydrogen (secondary N) is 2. The second-order valence-corrected chi connectivity index (χ2v) is 8.86. The number of pyridine rings is 1. The van der Waals surface area contributed by atoms with Gasteiger partial charge in [-0.1, -0.05) is 0 Å². The van der Waals surface area contributed by atoms with Crippen LogP contribution in [0.5, 0.6) is 5.75 Å². The maximum Gasteiger partial charge on any atom is 0.247 e. The van der Waals surface area contributed by atoms with Gasteiger partial charge in [0.05, 0.1) is 36.9 Å². The lowest BCUT2D eigenvalue weighted by Gasteiger charge is -2.36. The van der Waals surface area contributed by atoms with E-state index in [1.165, 1.54) is 19.2 Å². The van der Waals surface area contributed by atoms with Gasteiger partial charge in [-0.3, -0.25) is 9.48 Å². The minimum atomic E-state index is -0.745. The lowest BCUT2D eigenvalue weighted by molar-refractivity contribution is -0.118. The Labute approximate surface area is 209 Å². The largest absolute Gasteiger partial charge is 0.491 e. The van der Waals surface area contributed by atoms with E-state index in [4.69, 9.17) is 4.74 Å². The van der Waals surface area contributed by atoms with E-state index in [0.717, 1.165) is 35.5 Å². The highest BCUT2D eigenvalue weighted by atomic mass is 32.1. The van der Waals surface area contributed by atoms with Gasteiger partial charge in [-0.2, -0.15) is 18.6 Å². The summed E-state index contributed by atoms with van der Waals surface area (Å²) >= 11 is 0. The number of anilines is 3. The maximum absolute atomic E-state index is 14.0. The molecule has 8 nitrogen and oxygen atoms in total. The molecule has 186 valence electrons. The van der Waals surface area contributed by atoms with Crippen LogP contribution in [0.3, 0.4) is 0 Å². The third-order valence-electron chi connectivity index (χ3n) is 6.33. The van der Waals surface area contributed by atoms with Gasteiger partial charge < -0.3 is 20.3 Å². The molecule has 1 fully saturated rings. The number of rotatable bonds is 7. The molecule has 1 aliphatic carbocycles. The molecule has 2 aromatic heterocycles. The number of fused-ring (bicyclic) bond motifs is 1. The molecule has 0 saturated heterocycles. The molecule has 1 saturated carbocycles. The number of halogens is 2. The number of carbonyl (C=O) groups is 1. The Morgan fingerprint density at radius 2 is 1.91 bits per heavy atom. The highest BCUT2D eigenvalue weighted by molar-refractivity contribution is 7.59. The van der Waals surface area contributed by atoms with Crippen LogP contribution in [-0.2, 0) is 17.9 Å². The molecule has 3 heterocycles. The van der Waals surface area contributed by atoms with Crippen LogP contribution in [0, 0.1) is 24.5 Å². The number of aryl methyl sites for hydroxylation is 1. The molecule has 0 bridgehead atoms. The van der Waals surface area contributed by atoms with Crippen molar-refractivity contribution in [2.24, 2.45) is 5.92 Å². The predicted molar refractivity (Wildman–Crippen MR) is 134 cm³/mol. The number of aromatic nitrogens is 3. The molecule has 3 aromatic rings. The van der Waals surface area contributed by atoms with Gasteiger partial charge in [0.25, 0.3) is 0 Å². The molecule has 2 aliphatic rings. The van der Waals surface area contributed by atoms with E-state index in [1.54, 1.807) is 10.9 Å². The summed E-state index contributed by atoms with van der Waals surface area (Å²) in [5.41, 5.74) is 3.78. The zero-order valence-corrected chi connectivity index (χ0v) is 20.7. The Balaban J connectivity index is 0.00000289. The van der Waals surface area contributed by atoms with E-state index in [-0.39, 0.29) is 32.0 Å².